The van der Waals surface area contributed by atoms with E-state index in [0.29, 0.717) is 24.3 Å². The average molecular weight is 387 g/mol. The maximum Gasteiger partial charge on any atom is 0.162 e. The van der Waals surface area contributed by atoms with Crippen molar-refractivity contribution in [1.82, 2.24) is 15.0 Å². The molecular weight excluding hydrogens is 358 g/mol. The Morgan fingerprint density at radius 1 is 1.21 bits per heavy atom. The van der Waals surface area contributed by atoms with Crippen LogP contribution in [-0.2, 0) is 6.54 Å². The molecule has 2 aromatic rings. The first-order valence-electron chi connectivity index (χ1n) is 9.84. The lowest BCUT2D eigenvalue weighted by Gasteiger charge is -2.35. The van der Waals surface area contributed by atoms with Crippen LogP contribution in [0.15, 0.2) is 34.9 Å². The molecule has 2 heterocycles. The van der Waals surface area contributed by atoms with E-state index in [1.807, 2.05) is 19.9 Å². The molecule has 1 aromatic carbocycles. The van der Waals surface area contributed by atoms with Gasteiger partial charge in [-0.05, 0) is 31.2 Å². The minimum absolute atomic E-state index is 0.115. The first kappa shape index (κ1) is 20.5. The summed E-state index contributed by atoms with van der Waals surface area (Å²) in [4.78, 5) is 16.2. The summed E-state index contributed by atoms with van der Waals surface area (Å²) in [7, 11) is 0. The molecule has 0 aliphatic carbocycles. The number of aliphatic hydroxyl groups excluding tert-OH is 1. The highest BCUT2D eigenvalue weighted by atomic mass is 16.5. The zero-order valence-electron chi connectivity index (χ0n) is 16.6. The summed E-state index contributed by atoms with van der Waals surface area (Å²) in [6.45, 7) is 9.03. The molecule has 0 bridgehead atoms. The maximum absolute atomic E-state index is 11.6. The van der Waals surface area contributed by atoms with Crippen molar-refractivity contribution in [3.05, 3.63) is 47.3 Å². The molecule has 3 rings (SSSR count). The summed E-state index contributed by atoms with van der Waals surface area (Å²) in [5, 5.41) is 14.2. The zero-order valence-corrected chi connectivity index (χ0v) is 16.6. The van der Waals surface area contributed by atoms with Gasteiger partial charge in [-0.2, -0.15) is 0 Å². The van der Waals surface area contributed by atoms with Gasteiger partial charge in [0.05, 0.1) is 12.2 Å². The number of rotatable bonds is 9. The molecule has 7 nitrogen and oxygen atoms in total. The van der Waals surface area contributed by atoms with E-state index in [1.165, 1.54) is 0 Å². The van der Waals surface area contributed by atoms with Gasteiger partial charge in [-0.3, -0.25) is 14.6 Å². The van der Waals surface area contributed by atoms with Crippen molar-refractivity contribution in [2.45, 2.75) is 32.9 Å². The summed E-state index contributed by atoms with van der Waals surface area (Å²) in [6, 6.07) is 9.06. The van der Waals surface area contributed by atoms with Crippen molar-refractivity contribution in [2.24, 2.45) is 0 Å². The number of carbonyl (C=O) groups is 1. The van der Waals surface area contributed by atoms with Crippen LogP contribution in [0.5, 0.6) is 5.75 Å². The summed E-state index contributed by atoms with van der Waals surface area (Å²) in [5.74, 6) is 1.68. The lowest BCUT2D eigenvalue weighted by molar-refractivity contribution is 0.0430. The van der Waals surface area contributed by atoms with Gasteiger partial charge in [-0.15, -0.1) is 0 Å². The van der Waals surface area contributed by atoms with E-state index < -0.39 is 6.10 Å². The molecule has 1 N–H and O–H groups in total. The van der Waals surface area contributed by atoms with E-state index in [2.05, 4.69) is 15.0 Å². The predicted molar refractivity (Wildman–Crippen MR) is 106 cm³/mol. The molecule has 1 fully saturated rings. The number of piperazine rings is 1. The summed E-state index contributed by atoms with van der Waals surface area (Å²) < 4.78 is 10.9. The largest absolute Gasteiger partial charge is 0.491 e. The van der Waals surface area contributed by atoms with Crippen LogP contribution in [-0.4, -0.2) is 71.3 Å². The van der Waals surface area contributed by atoms with Crippen LogP contribution in [0, 0.1) is 6.92 Å². The van der Waals surface area contributed by atoms with Crippen molar-refractivity contribution in [1.29, 1.82) is 0 Å². The van der Waals surface area contributed by atoms with E-state index in [0.717, 1.165) is 44.2 Å². The quantitative estimate of drug-likeness (QED) is 0.660. The van der Waals surface area contributed by atoms with Gasteiger partial charge in [0.15, 0.2) is 11.5 Å². The Hall–Kier alpha value is -2.22. The highest BCUT2D eigenvalue weighted by Crippen LogP contribution is 2.14. The minimum Gasteiger partial charge on any atom is -0.491 e. The molecule has 7 heteroatoms. The predicted octanol–water partition coefficient (Wildman–Crippen LogP) is 2.13. The third-order valence-electron chi connectivity index (χ3n) is 4.93. The van der Waals surface area contributed by atoms with Crippen molar-refractivity contribution in [3.8, 4) is 5.75 Å². The number of ketones is 1. The number of carbonyl (C=O) groups excluding carboxylic acids is 1. The Kier molecular flexibility index (Phi) is 7.19. The van der Waals surface area contributed by atoms with Crippen LogP contribution in [0.4, 0.5) is 0 Å². The summed E-state index contributed by atoms with van der Waals surface area (Å²) in [5.41, 5.74) is 1.59. The van der Waals surface area contributed by atoms with Gasteiger partial charge in [0.25, 0.3) is 0 Å². The second kappa shape index (κ2) is 9.82. The van der Waals surface area contributed by atoms with Crippen molar-refractivity contribution in [2.75, 3.05) is 39.3 Å². The fourth-order valence-electron chi connectivity index (χ4n) is 3.33. The van der Waals surface area contributed by atoms with E-state index in [-0.39, 0.29) is 12.4 Å². The monoisotopic (exact) mass is 387 g/mol. The van der Waals surface area contributed by atoms with E-state index in [4.69, 9.17) is 9.26 Å². The Morgan fingerprint density at radius 2 is 1.89 bits per heavy atom. The molecule has 152 valence electrons. The van der Waals surface area contributed by atoms with Gasteiger partial charge in [0.1, 0.15) is 18.5 Å². The Balaban J connectivity index is 1.36. The molecule has 1 saturated heterocycles. The Bertz CT molecular complexity index is 751. The molecule has 1 aliphatic rings. The van der Waals surface area contributed by atoms with Crippen LogP contribution in [0.2, 0.25) is 0 Å². The molecular formula is C21H29N3O4. The number of ether oxygens (including phenoxy) is 1. The zero-order chi connectivity index (χ0) is 19.9. The average Bonchev–Trinajstić information content (AvgIpc) is 3.12. The number of aliphatic hydroxyl groups is 1. The lowest BCUT2D eigenvalue weighted by Crippen LogP contribution is -2.48. The third kappa shape index (κ3) is 5.89. The summed E-state index contributed by atoms with van der Waals surface area (Å²) in [6.07, 6.45) is -0.0649. The minimum atomic E-state index is -0.555. The van der Waals surface area contributed by atoms with Crippen LogP contribution in [0.25, 0.3) is 0 Å². The number of benzene rings is 1. The second-order valence-electron chi connectivity index (χ2n) is 7.28. The number of hydrogen-bond donors (Lipinski definition) is 1. The molecule has 0 spiro atoms. The number of nitrogens with zero attached hydrogens (tertiary/aromatic N) is 3. The van der Waals surface area contributed by atoms with Gasteiger partial charge in [-0.1, -0.05) is 12.1 Å². The third-order valence-corrected chi connectivity index (χ3v) is 4.93. The van der Waals surface area contributed by atoms with Gasteiger partial charge in [-0.25, -0.2) is 0 Å². The molecule has 1 aliphatic heterocycles. The Morgan fingerprint density at radius 3 is 2.50 bits per heavy atom. The first-order valence-corrected chi connectivity index (χ1v) is 9.84. The number of β-amino-alcohol motifs (C(OH)–C–C–N with tert-alkyl or cyclic N) is 1. The summed E-state index contributed by atoms with van der Waals surface area (Å²) >= 11 is 0. The smallest absolute Gasteiger partial charge is 0.162 e. The van der Waals surface area contributed by atoms with Gasteiger partial charge >= 0.3 is 0 Å². The van der Waals surface area contributed by atoms with Gasteiger partial charge < -0.3 is 14.4 Å². The van der Waals surface area contributed by atoms with Crippen LogP contribution >= 0.6 is 0 Å². The van der Waals surface area contributed by atoms with Crippen LogP contribution in [0.3, 0.4) is 0 Å². The first-order chi connectivity index (χ1) is 13.5. The molecule has 0 saturated carbocycles. The maximum atomic E-state index is 11.6. The fraction of sp³-hybridized carbons (Fsp3) is 0.524. The highest BCUT2D eigenvalue weighted by Gasteiger charge is 2.20. The van der Waals surface area contributed by atoms with E-state index >= 15 is 0 Å². The SMILES string of the molecule is CCC(=O)c1ccc(OCC(O)CN2CCN(Cc3cc(C)no3)CC2)cc1. The number of aryl methyl sites for hydroxylation is 1. The topological polar surface area (TPSA) is 79.0 Å². The van der Waals surface area contributed by atoms with Crippen molar-refractivity contribution in [3.63, 3.8) is 0 Å². The lowest BCUT2D eigenvalue weighted by atomic mass is 10.1. The van der Waals surface area contributed by atoms with E-state index in [1.54, 1.807) is 24.3 Å². The van der Waals surface area contributed by atoms with Gasteiger partial charge in [0.2, 0.25) is 0 Å². The molecule has 1 atom stereocenters. The normalized spacial score (nSPS) is 16.8. The van der Waals surface area contributed by atoms with E-state index in [9.17, 15) is 9.90 Å². The number of Topliss-reactive ketones (excluding diaryl/α,β-unsaturated/α-hetero) is 1. The van der Waals surface area contributed by atoms with Gasteiger partial charge in [0, 0.05) is 50.8 Å². The second-order valence-corrected chi connectivity index (χ2v) is 7.28. The van der Waals surface area contributed by atoms with Crippen molar-refractivity contribution < 1.29 is 19.2 Å². The van der Waals surface area contributed by atoms with Crippen molar-refractivity contribution >= 4 is 5.78 Å². The molecule has 1 unspecified atom stereocenters. The molecule has 0 amide bonds. The fourth-order valence-corrected chi connectivity index (χ4v) is 3.33. The standard InChI is InChI=1S/C21H29N3O4/c1-3-21(26)17-4-6-19(7-5-17)27-15-18(25)13-23-8-10-24(11-9-23)14-20-12-16(2)22-28-20/h4-7,12,18,25H,3,8-11,13-15H2,1-2H3. The van der Waals surface area contributed by atoms with Crippen LogP contribution in [0.1, 0.15) is 35.2 Å². The highest BCUT2D eigenvalue weighted by molar-refractivity contribution is 5.95. The Labute approximate surface area is 165 Å². The number of aromatic nitrogens is 1. The molecule has 28 heavy (non-hydrogen) atoms. The molecule has 1 aromatic heterocycles. The molecule has 0 radical (unpaired) electrons. The number of hydrogen-bond acceptors (Lipinski definition) is 7. The van der Waals surface area contributed by atoms with Crippen LogP contribution < -0.4 is 4.74 Å².